The Morgan fingerprint density at radius 1 is 1.26 bits per heavy atom. The van der Waals surface area contributed by atoms with Crippen LogP contribution in [-0.2, 0) is 11.2 Å². The van der Waals surface area contributed by atoms with Crippen molar-refractivity contribution in [2.24, 2.45) is 5.92 Å². The van der Waals surface area contributed by atoms with Crippen LogP contribution in [0, 0.1) is 5.92 Å². The molecule has 1 aliphatic rings. The van der Waals surface area contributed by atoms with Crippen molar-refractivity contribution in [3.8, 4) is 0 Å². The molecule has 0 bridgehead atoms. The highest BCUT2D eigenvalue weighted by molar-refractivity contribution is 5.88. The van der Waals surface area contributed by atoms with E-state index in [-0.39, 0.29) is 17.9 Å². The molecule has 1 aromatic rings. The third kappa shape index (κ3) is 4.09. The van der Waals surface area contributed by atoms with Crippen LogP contribution >= 0.6 is 0 Å². The second-order valence-electron chi connectivity index (χ2n) is 5.14. The Kier molecular flexibility index (Phi) is 4.55. The highest BCUT2D eigenvalue weighted by Crippen LogP contribution is 2.23. The number of carbonyl (C=O) groups is 2. The van der Waals surface area contributed by atoms with E-state index < -0.39 is 5.97 Å². The first-order chi connectivity index (χ1) is 9.15. The van der Waals surface area contributed by atoms with E-state index in [1.807, 2.05) is 0 Å². The smallest absolute Gasteiger partial charge is 0.335 e. The number of nitrogens with one attached hydrogen (secondary N) is 1. The number of benzene rings is 1. The van der Waals surface area contributed by atoms with Gasteiger partial charge in [-0.1, -0.05) is 25.0 Å². The maximum absolute atomic E-state index is 11.8. The summed E-state index contributed by atoms with van der Waals surface area (Å²) in [7, 11) is 0. The van der Waals surface area contributed by atoms with E-state index >= 15 is 0 Å². The summed E-state index contributed by atoms with van der Waals surface area (Å²) >= 11 is 0. The van der Waals surface area contributed by atoms with Crippen molar-refractivity contribution in [1.82, 2.24) is 5.32 Å². The first-order valence-electron chi connectivity index (χ1n) is 6.74. The van der Waals surface area contributed by atoms with Crippen molar-refractivity contribution < 1.29 is 14.7 Å². The number of hydrogen-bond donors (Lipinski definition) is 2. The topological polar surface area (TPSA) is 66.4 Å². The van der Waals surface area contributed by atoms with Crippen LogP contribution in [0.2, 0.25) is 0 Å². The lowest BCUT2D eigenvalue weighted by Crippen LogP contribution is -2.29. The van der Waals surface area contributed by atoms with Gasteiger partial charge in [0, 0.05) is 6.54 Å². The van der Waals surface area contributed by atoms with Crippen LogP contribution in [0.3, 0.4) is 0 Å². The summed E-state index contributed by atoms with van der Waals surface area (Å²) < 4.78 is 0. The molecule has 1 aliphatic carbocycles. The van der Waals surface area contributed by atoms with Gasteiger partial charge in [-0.3, -0.25) is 4.79 Å². The van der Waals surface area contributed by atoms with Crippen molar-refractivity contribution in [2.45, 2.75) is 32.1 Å². The van der Waals surface area contributed by atoms with E-state index in [2.05, 4.69) is 5.32 Å². The standard InChI is InChI=1S/C15H19NO3/c17-14(16-10-11-4-1-2-5-11)9-12-6-3-7-13(8-12)15(18)19/h3,6-8,11H,1-2,4-5,9-10H2,(H,16,17)(H,18,19). The van der Waals surface area contributed by atoms with Crippen LogP contribution in [0.25, 0.3) is 0 Å². The molecule has 1 fully saturated rings. The van der Waals surface area contributed by atoms with Gasteiger partial charge in [0.1, 0.15) is 0 Å². The number of carboxylic acids is 1. The molecule has 0 saturated heterocycles. The van der Waals surface area contributed by atoms with Crippen molar-refractivity contribution >= 4 is 11.9 Å². The molecule has 0 spiro atoms. The zero-order chi connectivity index (χ0) is 13.7. The van der Waals surface area contributed by atoms with Crippen LogP contribution in [0.1, 0.15) is 41.6 Å². The summed E-state index contributed by atoms with van der Waals surface area (Å²) in [6.07, 6.45) is 5.18. The molecule has 4 nitrogen and oxygen atoms in total. The summed E-state index contributed by atoms with van der Waals surface area (Å²) in [6, 6.07) is 6.53. The summed E-state index contributed by atoms with van der Waals surface area (Å²) in [6.45, 7) is 0.747. The lowest BCUT2D eigenvalue weighted by Gasteiger charge is -2.10. The van der Waals surface area contributed by atoms with E-state index in [9.17, 15) is 9.59 Å². The van der Waals surface area contributed by atoms with Crippen molar-refractivity contribution in [1.29, 1.82) is 0 Å². The summed E-state index contributed by atoms with van der Waals surface area (Å²) in [5, 5.41) is 11.8. The predicted octanol–water partition coefficient (Wildman–Crippen LogP) is 2.23. The van der Waals surface area contributed by atoms with Crippen LogP contribution < -0.4 is 5.32 Å². The normalized spacial score (nSPS) is 15.4. The maximum atomic E-state index is 11.8. The quantitative estimate of drug-likeness (QED) is 0.854. The molecule has 0 aromatic heterocycles. The van der Waals surface area contributed by atoms with Gasteiger partial charge in [0.2, 0.25) is 5.91 Å². The number of carboxylic acid groups (broad SMARTS) is 1. The van der Waals surface area contributed by atoms with Gasteiger partial charge in [-0.15, -0.1) is 0 Å². The minimum Gasteiger partial charge on any atom is -0.478 e. The van der Waals surface area contributed by atoms with E-state index in [4.69, 9.17) is 5.11 Å². The first kappa shape index (κ1) is 13.6. The second-order valence-corrected chi connectivity index (χ2v) is 5.14. The SMILES string of the molecule is O=C(Cc1cccc(C(=O)O)c1)NCC1CCCC1. The summed E-state index contributed by atoms with van der Waals surface area (Å²) in [5.74, 6) is -0.378. The second kappa shape index (κ2) is 6.36. The molecular formula is C15H19NO3. The largest absolute Gasteiger partial charge is 0.478 e. The number of aromatic carboxylic acids is 1. The Morgan fingerprint density at radius 2 is 2.00 bits per heavy atom. The average molecular weight is 261 g/mol. The van der Waals surface area contributed by atoms with E-state index in [0.717, 1.165) is 12.1 Å². The van der Waals surface area contributed by atoms with Crippen molar-refractivity contribution in [3.63, 3.8) is 0 Å². The molecule has 0 unspecified atom stereocenters. The fourth-order valence-electron chi connectivity index (χ4n) is 2.53. The van der Waals surface area contributed by atoms with E-state index in [1.54, 1.807) is 18.2 Å². The average Bonchev–Trinajstić information content (AvgIpc) is 2.90. The molecular weight excluding hydrogens is 242 g/mol. The molecule has 0 atom stereocenters. The van der Waals surface area contributed by atoms with Gasteiger partial charge in [0.05, 0.1) is 12.0 Å². The van der Waals surface area contributed by atoms with Crippen LogP contribution in [0.15, 0.2) is 24.3 Å². The van der Waals surface area contributed by atoms with Gasteiger partial charge in [-0.05, 0) is 36.5 Å². The summed E-state index contributed by atoms with van der Waals surface area (Å²) in [4.78, 5) is 22.6. The number of rotatable bonds is 5. The summed E-state index contributed by atoms with van der Waals surface area (Å²) in [5.41, 5.74) is 0.963. The minimum atomic E-state index is -0.965. The monoisotopic (exact) mass is 261 g/mol. The van der Waals surface area contributed by atoms with Gasteiger partial charge in [0.15, 0.2) is 0 Å². The van der Waals surface area contributed by atoms with Crippen LogP contribution in [-0.4, -0.2) is 23.5 Å². The molecule has 1 saturated carbocycles. The molecule has 4 heteroatoms. The van der Waals surface area contributed by atoms with Gasteiger partial charge in [0.25, 0.3) is 0 Å². The molecule has 2 rings (SSSR count). The Balaban J connectivity index is 1.84. The maximum Gasteiger partial charge on any atom is 0.335 e. The Morgan fingerprint density at radius 3 is 2.68 bits per heavy atom. The van der Waals surface area contributed by atoms with Gasteiger partial charge >= 0.3 is 5.97 Å². The lowest BCUT2D eigenvalue weighted by atomic mass is 10.1. The molecule has 2 N–H and O–H groups in total. The lowest BCUT2D eigenvalue weighted by molar-refractivity contribution is -0.120. The van der Waals surface area contributed by atoms with Crippen molar-refractivity contribution in [2.75, 3.05) is 6.54 Å². The fraction of sp³-hybridized carbons (Fsp3) is 0.467. The molecule has 1 aromatic carbocycles. The molecule has 1 amide bonds. The highest BCUT2D eigenvalue weighted by atomic mass is 16.4. The fourth-order valence-corrected chi connectivity index (χ4v) is 2.53. The van der Waals surface area contributed by atoms with Crippen molar-refractivity contribution in [3.05, 3.63) is 35.4 Å². The van der Waals surface area contributed by atoms with E-state index in [1.165, 1.54) is 31.7 Å². The zero-order valence-electron chi connectivity index (χ0n) is 10.9. The van der Waals surface area contributed by atoms with Gasteiger partial charge in [-0.2, -0.15) is 0 Å². The van der Waals surface area contributed by atoms with E-state index in [0.29, 0.717) is 5.92 Å². The van der Waals surface area contributed by atoms with Gasteiger partial charge < -0.3 is 10.4 Å². The molecule has 0 radical (unpaired) electrons. The molecule has 19 heavy (non-hydrogen) atoms. The van der Waals surface area contributed by atoms with Crippen LogP contribution in [0.4, 0.5) is 0 Å². The Hall–Kier alpha value is -1.84. The third-order valence-electron chi connectivity index (χ3n) is 3.60. The number of amides is 1. The Labute approximate surface area is 112 Å². The highest BCUT2D eigenvalue weighted by Gasteiger charge is 2.15. The van der Waals surface area contributed by atoms with Crippen LogP contribution in [0.5, 0.6) is 0 Å². The van der Waals surface area contributed by atoms with Gasteiger partial charge in [-0.25, -0.2) is 4.79 Å². The molecule has 102 valence electrons. The third-order valence-corrected chi connectivity index (χ3v) is 3.60. The Bertz CT molecular complexity index is 464. The molecule has 0 aliphatic heterocycles. The minimum absolute atomic E-state index is 0.0329. The molecule has 0 heterocycles. The zero-order valence-corrected chi connectivity index (χ0v) is 10.9. The first-order valence-corrected chi connectivity index (χ1v) is 6.74. The number of carbonyl (C=O) groups excluding carboxylic acids is 1. The number of hydrogen-bond acceptors (Lipinski definition) is 2. The predicted molar refractivity (Wildman–Crippen MR) is 72.1 cm³/mol.